The maximum Gasteiger partial charge on any atom is 0.306 e. The van der Waals surface area contributed by atoms with Crippen LogP contribution >= 0.6 is 0 Å². The Morgan fingerprint density at radius 2 is 0.488 bits per heavy atom. The van der Waals surface area contributed by atoms with Crippen molar-refractivity contribution in [2.75, 3.05) is 13.2 Å². The van der Waals surface area contributed by atoms with Gasteiger partial charge in [-0.1, -0.05) is 305 Å². The van der Waals surface area contributed by atoms with Crippen molar-refractivity contribution in [3.63, 3.8) is 0 Å². The molecule has 0 aliphatic carbocycles. The van der Waals surface area contributed by atoms with Gasteiger partial charge in [0.1, 0.15) is 6.61 Å². The Labute approximate surface area is 505 Å². The van der Waals surface area contributed by atoms with Crippen molar-refractivity contribution in [2.24, 2.45) is 0 Å². The number of aliphatic hydroxyl groups excluding tert-OH is 1. The van der Waals surface area contributed by atoms with Crippen molar-refractivity contribution in [2.45, 2.75) is 277 Å². The summed E-state index contributed by atoms with van der Waals surface area (Å²) >= 11 is 0. The Hall–Kier alpha value is -5.00. The van der Waals surface area contributed by atoms with E-state index in [-0.39, 0.29) is 25.2 Å². The smallest absolute Gasteiger partial charge is 0.306 e. The van der Waals surface area contributed by atoms with Gasteiger partial charge in [0.2, 0.25) is 0 Å². The molecule has 1 unspecified atom stereocenters. The summed E-state index contributed by atoms with van der Waals surface area (Å²) in [6.07, 6.45) is 110. The molecule has 0 spiro atoms. The van der Waals surface area contributed by atoms with Crippen molar-refractivity contribution in [3.05, 3.63) is 182 Å². The fourth-order valence-electron chi connectivity index (χ4n) is 8.79. The van der Waals surface area contributed by atoms with Crippen molar-refractivity contribution in [3.8, 4) is 0 Å². The van der Waals surface area contributed by atoms with Gasteiger partial charge in [0.25, 0.3) is 0 Å². The highest BCUT2D eigenvalue weighted by Gasteiger charge is 2.16. The molecule has 0 aromatic carbocycles. The largest absolute Gasteiger partial charge is 0.462 e. The lowest BCUT2D eigenvalue weighted by Crippen LogP contribution is -2.28. The summed E-state index contributed by atoms with van der Waals surface area (Å²) < 4.78 is 10.7. The molecule has 0 aliphatic heterocycles. The number of unbranched alkanes of at least 4 members (excludes halogenated alkanes) is 21. The van der Waals surface area contributed by atoms with Gasteiger partial charge in [-0.3, -0.25) is 9.59 Å². The molecule has 1 atom stereocenters. The molecule has 1 N–H and O–H groups in total. The van der Waals surface area contributed by atoms with Gasteiger partial charge in [0.15, 0.2) is 6.10 Å². The van der Waals surface area contributed by atoms with E-state index >= 15 is 0 Å². The van der Waals surface area contributed by atoms with E-state index in [0.717, 1.165) is 154 Å². The van der Waals surface area contributed by atoms with Crippen molar-refractivity contribution >= 4 is 11.9 Å². The van der Waals surface area contributed by atoms with E-state index in [0.29, 0.717) is 12.8 Å². The van der Waals surface area contributed by atoms with E-state index in [1.165, 1.54) is 89.9 Å². The summed E-state index contributed by atoms with van der Waals surface area (Å²) in [4.78, 5) is 24.6. The Kier molecular flexibility index (Phi) is 66.0. The van der Waals surface area contributed by atoms with Crippen LogP contribution in [0.25, 0.3) is 0 Å². The van der Waals surface area contributed by atoms with E-state index in [1.807, 2.05) is 0 Å². The van der Waals surface area contributed by atoms with Gasteiger partial charge in [0.05, 0.1) is 6.61 Å². The Balaban J connectivity index is 3.56. The molecule has 82 heavy (non-hydrogen) atoms. The zero-order valence-electron chi connectivity index (χ0n) is 52.7. The topological polar surface area (TPSA) is 72.8 Å². The van der Waals surface area contributed by atoms with Gasteiger partial charge in [-0.15, -0.1) is 0 Å². The standard InChI is InChI=1S/C77H122O5/c1-3-5-7-9-11-13-15-17-19-21-23-25-27-29-31-32-33-34-35-36-37-38-39-40-41-42-43-44-46-48-50-52-54-56-58-60-62-64-66-68-70-72-77(80)82-75(73-78)74-81-76(79)71-69-67-65-63-61-59-57-55-53-51-49-47-45-30-28-26-24-22-20-18-16-14-12-10-8-6-4-2/h5-8,11-14,17-20,23-26,29-31,33-34,36-37,39-40,45,49,51,55,57,75,78H,3-4,9-10,15-16,21-22,27-28,32,35,38,41-44,46-48,50,52-54,56,58-74H2,1-2H3/b7-5-,8-6-,13-11-,14-12-,19-17-,20-18-,25-23-,26-24-,31-29-,34-33-,37-36-,40-39-,45-30-,51-49-,57-55-. The lowest BCUT2D eigenvalue weighted by atomic mass is 10.0. The van der Waals surface area contributed by atoms with E-state index in [2.05, 4.69) is 196 Å². The van der Waals surface area contributed by atoms with Crippen LogP contribution in [-0.4, -0.2) is 36.4 Å². The molecule has 0 aromatic rings. The highest BCUT2D eigenvalue weighted by Crippen LogP contribution is 2.16. The normalized spacial score (nSPS) is 13.5. The minimum atomic E-state index is -0.794. The maximum atomic E-state index is 12.4. The SMILES string of the molecule is CC/C=C\C/C=C\C/C=C\C/C=C\C/C=C\C/C=C\C/C=C\C/C=C\CCCCCCCCCCCCCCCCCCC(=O)OC(CO)COC(=O)CCCCCCC/C=C\C/C=C\C/C=C\C/C=C\C/C=C\C/C=C\C/C=C\CC. The third kappa shape index (κ3) is 67.5. The van der Waals surface area contributed by atoms with E-state index in [9.17, 15) is 14.7 Å². The van der Waals surface area contributed by atoms with Crippen LogP contribution < -0.4 is 0 Å². The molecule has 460 valence electrons. The second kappa shape index (κ2) is 70.3. The lowest BCUT2D eigenvalue weighted by Gasteiger charge is -2.15. The van der Waals surface area contributed by atoms with E-state index in [4.69, 9.17) is 9.47 Å². The van der Waals surface area contributed by atoms with Gasteiger partial charge >= 0.3 is 11.9 Å². The molecule has 0 aliphatic rings. The first kappa shape index (κ1) is 77.0. The lowest BCUT2D eigenvalue weighted by molar-refractivity contribution is -0.161. The van der Waals surface area contributed by atoms with Crippen molar-refractivity contribution in [1.82, 2.24) is 0 Å². The highest BCUT2D eigenvalue weighted by atomic mass is 16.6. The van der Waals surface area contributed by atoms with Gasteiger partial charge < -0.3 is 14.6 Å². The molecule has 5 nitrogen and oxygen atoms in total. The van der Waals surface area contributed by atoms with Crippen LogP contribution in [0.1, 0.15) is 271 Å². The van der Waals surface area contributed by atoms with Crippen LogP contribution in [0.2, 0.25) is 0 Å². The van der Waals surface area contributed by atoms with Crippen LogP contribution in [0, 0.1) is 0 Å². The Morgan fingerprint density at radius 1 is 0.280 bits per heavy atom. The molecular weight excluding hydrogens is 1000 g/mol. The molecule has 0 fully saturated rings. The molecule has 0 rings (SSSR count). The van der Waals surface area contributed by atoms with Crippen LogP contribution in [0.5, 0.6) is 0 Å². The minimum absolute atomic E-state index is 0.0855. The molecule has 0 saturated heterocycles. The summed E-state index contributed by atoms with van der Waals surface area (Å²) in [6.45, 7) is 3.90. The first-order valence-electron chi connectivity index (χ1n) is 33.3. The van der Waals surface area contributed by atoms with Gasteiger partial charge in [-0.25, -0.2) is 0 Å². The van der Waals surface area contributed by atoms with E-state index in [1.54, 1.807) is 0 Å². The molecule has 0 bridgehead atoms. The summed E-state index contributed by atoms with van der Waals surface area (Å²) in [6, 6.07) is 0. The Morgan fingerprint density at radius 3 is 0.732 bits per heavy atom. The number of hydrogen-bond donors (Lipinski definition) is 1. The second-order valence-electron chi connectivity index (χ2n) is 21.4. The zero-order chi connectivity index (χ0) is 59.1. The monoisotopic (exact) mass is 1130 g/mol. The third-order valence-corrected chi connectivity index (χ3v) is 13.7. The third-order valence-electron chi connectivity index (χ3n) is 13.7. The predicted molar refractivity (Wildman–Crippen MR) is 361 cm³/mol. The molecule has 0 saturated carbocycles. The number of carbonyl (C=O) groups excluding carboxylic acids is 2. The first-order valence-corrected chi connectivity index (χ1v) is 33.3. The minimum Gasteiger partial charge on any atom is -0.462 e. The fourth-order valence-corrected chi connectivity index (χ4v) is 8.79. The van der Waals surface area contributed by atoms with Gasteiger partial charge in [-0.05, 0) is 135 Å². The number of esters is 2. The van der Waals surface area contributed by atoms with Gasteiger partial charge in [0, 0.05) is 12.8 Å². The summed E-state index contributed by atoms with van der Waals surface area (Å²) in [7, 11) is 0. The van der Waals surface area contributed by atoms with E-state index < -0.39 is 6.10 Å². The average molecular weight is 1130 g/mol. The van der Waals surface area contributed by atoms with Crippen molar-refractivity contribution < 1.29 is 24.2 Å². The van der Waals surface area contributed by atoms with Gasteiger partial charge in [-0.2, -0.15) is 0 Å². The predicted octanol–water partition coefficient (Wildman–Crippen LogP) is 23.4. The number of allylic oxidation sites excluding steroid dienone is 30. The number of hydrogen-bond acceptors (Lipinski definition) is 5. The number of carbonyl (C=O) groups is 2. The summed E-state index contributed by atoms with van der Waals surface area (Å²) in [5, 5.41) is 9.69. The van der Waals surface area contributed by atoms with Crippen molar-refractivity contribution in [1.29, 1.82) is 0 Å². The molecule has 0 radical (unpaired) electrons. The summed E-state index contributed by atoms with van der Waals surface area (Å²) in [5.74, 6) is -0.619. The number of ether oxygens (including phenoxy) is 2. The molecular formula is C77H122O5. The summed E-state index contributed by atoms with van der Waals surface area (Å²) in [5.41, 5.74) is 0. The molecule has 0 heterocycles. The molecule has 0 aromatic heterocycles. The number of rotatable bonds is 59. The van der Waals surface area contributed by atoms with Crippen LogP contribution in [0.3, 0.4) is 0 Å². The number of aliphatic hydroxyl groups is 1. The fraction of sp³-hybridized carbons (Fsp3) is 0.584. The first-order chi connectivity index (χ1) is 40.6. The molecule has 0 amide bonds. The van der Waals surface area contributed by atoms with Crippen LogP contribution in [0.4, 0.5) is 0 Å². The zero-order valence-corrected chi connectivity index (χ0v) is 52.7. The Bertz CT molecular complexity index is 1850. The molecule has 5 heteroatoms. The maximum absolute atomic E-state index is 12.4. The quantitative estimate of drug-likeness (QED) is 0.0373. The average Bonchev–Trinajstić information content (AvgIpc) is 3.49. The highest BCUT2D eigenvalue weighted by molar-refractivity contribution is 5.70. The van der Waals surface area contributed by atoms with Crippen LogP contribution in [0.15, 0.2) is 182 Å². The van der Waals surface area contributed by atoms with Crippen LogP contribution in [-0.2, 0) is 19.1 Å². The second-order valence-corrected chi connectivity index (χ2v) is 21.4.